The quantitative estimate of drug-likeness (QED) is 0.724. The zero-order valence-electron chi connectivity index (χ0n) is 14.6. The van der Waals surface area contributed by atoms with Gasteiger partial charge < -0.3 is 4.90 Å². The molecule has 134 valence electrons. The van der Waals surface area contributed by atoms with Crippen LogP contribution >= 0.6 is 0 Å². The highest BCUT2D eigenvalue weighted by Crippen LogP contribution is 2.16. The van der Waals surface area contributed by atoms with Crippen LogP contribution < -0.4 is 4.90 Å². The van der Waals surface area contributed by atoms with Crippen LogP contribution in [0.4, 0.5) is 10.1 Å². The van der Waals surface area contributed by atoms with Crippen molar-refractivity contribution >= 4 is 5.69 Å². The van der Waals surface area contributed by atoms with Crippen molar-refractivity contribution in [2.75, 3.05) is 31.1 Å². The smallest absolute Gasteiger partial charge is 0.123 e. The van der Waals surface area contributed by atoms with Crippen molar-refractivity contribution < 1.29 is 4.39 Å². The molecule has 1 aliphatic rings. The fraction of sp³-hybridized carbons (Fsp3) is 0.300. The Labute approximate surface area is 152 Å². The molecule has 1 aliphatic heterocycles. The van der Waals surface area contributed by atoms with E-state index in [0.29, 0.717) is 0 Å². The number of nitrogens with zero attached hydrogens (tertiary/aromatic N) is 5. The van der Waals surface area contributed by atoms with E-state index in [0.717, 1.165) is 50.5 Å². The van der Waals surface area contributed by atoms with E-state index in [9.17, 15) is 4.39 Å². The summed E-state index contributed by atoms with van der Waals surface area (Å²) < 4.78 is 14.9. The number of rotatable bonds is 4. The van der Waals surface area contributed by atoms with Crippen LogP contribution in [0, 0.1) is 5.82 Å². The van der Waals surface area contributed by atoms with Gasteiger partial charge in [0.15, 0.2) is 0 Å². The second-order valence-electron chi connectivity index (χ2n) is 6.55. The molecule has 0 aliphatic carbocycles. The van der Waals surface area contributed by atoms with Gasteiger partial charge in [-0.1, -0.05) is 0 Å². The molecule has 0 atom stereocenters. The number of halogens is 1. The van der Waals surface area contributed by atoms with Crippen LogP contribution in [0.2, 0.25) is 0 Å². The average molecular weight is 351 g/mol. The Balaban J connectivity index is 1.38. The first-order valence-corrected chi connectivity index (χ1v) is 8.96. The first kappa shape index (κ1) is 16.7. The van der Waals surface area contributed by atoms with Gasteiger partial charge in [0, 0.05) is 57.0 Å². The van der Waals surface area contributed by atoms with Crippen LogP contribution in [0.25, 0.3) is 5.69 Å². The fourth-order valence-corrected chi connectivity index (χ4v) is 3.35. The Morgan fingerprint density at radius 1 is 0.846 bits per heavy atom. The highest BCUT2D eigenvalue weighted by Gasteiger charge is 2.16. The molecule has 2 aromatic heterocycles. The monoisotopic (exact) mass is 351 g/mol. The summed E-state index contributed by atoms with van der Waals surface area (Å²) in [5, 5.41) is 4.64. The number of hydrogen-bond acceptors (Lipinski definition) is 4. The van der Waals surface area contributed by atoms with Crippen LogP contribution in [0.15, 0.2) is 61.1 Å². The maximum atomic E-state index is 13.1. The van der Waals surface area contributed by atoms with Gasteiger partial charge in [-0.15, -0.1) is 0 Å². The minimum absolute atomic E-state index is 0.232. The Kier molecular flexibility index (Phi) is 4.93. The maximum Gasteiger partial charge on any atom is 0.123 e. The number of anilines is 1. The summed E-state index contributed by atoms with van der Waals surface area (Å²) in [6.45, 7) is 4.96. The molecule has 0 radical (unpaired) electrons. The van der Waals surface area contributed by atoms with Crippen LogP contribution in [-0.4, -0.2) is 45.8 Å². The lowest BCUT2D eigenvalue weighted by molar-refractivity contribution is 0.281. The van der Waals surface area contributed by atoms with E-state index in [1.807, 2.05) is 24.7 Å². The predicted octanol–water partition coefficient (Wildman–Crippen LogP) is 3.12. The standard InChI is InChI=1S/C20H22FN5/c21-17-2-4-20(5-3-17)26-13-8-18(23-26)16-24-11-1-12-25(15-14-24)19-6-9-22-10-7-19/h2-10,13H,1,11-12,14-16H2. The van der Waals surface area contributed by atoms with Crippen LogP contribution in [-0.2, 0) is 6.54 Å². The molecule has 0 saturated carbocycles. The van der Waals surface area contributed by atoms with Crippen LogP contribution in [0.5, 0.6) is 0 Å². The maximum absolute atomic E-state index is 13.1. The highest BCUT2D eigenvalue weighted by molar-refractivity contribution is 5.44. The van der Waals surface area contributed by atoms with Crippen molar-refractivity contribution in [2.24, 2.45) is 0 Å². The van der Waals surface area contributed by atoms with Gasteiger partial charge in [0.05, 0.1) is 11.4 Å². The van der Waals surface area contributed by atoms with E-state index in [2.05, 4.69) is 32.0 Å². The highest BCUT2D eigenvalue weighted by atomic mass is 19.1. The lowest BCUT2D eigenvalue weighted by Crippen LogP contribution is -2.30. The molecule has 3 heterocycles. The summed E-state index contributed by atoms with van der Waals surface area (Å²) >= 11 is 0. The third-order valence-corrected chi connectivity index (χ3v) is 4.74. The van der Waals surface area contributed by atoms with Gasteiger partial charge in [0.2, 0.25) is 0 Å². The van der Waals surface area contributed by atoms with Crippen molar-refractivity contribution in [3.05, 3.63) is 72.6 Å². The zero-order valence-corrected chi connectivity index (χ0v) is 14.6. The van der Waals surface area contributed by atoms with E-state index >= 15 is 0 Å². The van der Waals surface area contributed by atoms with Gasteiger partial charge >= 0.3 is 0 Å². The number of hydrogen-bond donors (Lipinski definition) is 0. The normalized spacial score (nSPS) is 15.8. The molecule has 1 aromatic carbocycles. The summed E-state index contributed by atoms with van der Waals surface area (Å²) in [4.78, 5) is 8.96. The SMILES string of the molecule is Fc1ccc(-n2ccc(CN3CCCN(c4ccncc4)CC3)n2)cc1. The van der Waals surface area contributed by atoms with Gasteiger partial charge in [0.25, 0.3) is 0 Å². The van der Waals surface area contributed by atoms with Gasteiger partial charge in [-0.05, 0) is 48.9 Å². The van der Waals surface area contributed by atoms with Crippen molar-refractivity contribution in [3.8, 4) is 5.69 Å². The van der Waals surface area contributed by atoms with E-state index in [1.165, 1.54) is 17.8 Å². The average Bonchev–Trinajstić information content (AvgIpc) is 3.01. The molecule has 26 heavy (non-hydrogen) atoms. The minimum Gasteiger partial charge on any atom is -0.370 e. The second kappa shape index (κ2) is 7.66. The molecule has 1 fully saturated rings. The molecule has 0 spiro atoms. The number of pyridine rings is 1. The van der Waals surface area contributed by atoms with Gasteiger partial charge in [-0.25, -0.2) is 9.07 Å². The van der Waals surface area contributed by atoms with Crippen LogP contribution in [0.3, 0.4) is 0 Å². The second-order valence-corrected chi connectivity index (χ2v) is 6.55. The lowest BCUT2D eigenvalue weighted by atomic mass is 10.3. The van der Waals surface area contributed by atoms with Gasteiger partial charge in [0.1, 0.15) is 5.82 Å². The Morgan fingerprint density at radius 3 is 2.46 bits per heavy atom. The van der Waals surface area contributed by atoms with Gasteiger partial charge in [-0.2, -0.15) is 5.10 Å². The molecule has 0 bridgehead atoms. The van der Waals surface area contributed by atoms with Crippen molar-refractivity contribution in [2.45, 2.75) is 13.0 Å². The Bertz CT molecular complexity index is 831. The number of benzene rings is 1. The third-order valence-electron chi connectivity index (χ3n) is 4.74. The Hall–Kier alpha value is -2.73. The molecule has 6 heteroatoms. The first-order valence-electron chi connectivity index (χ1n) is 8.96. The summed E-state index contributed by atoms with van der Waals surface area (Å²) in [6.07, 6.45) is 6.75. The molecule has 5 nitrogen and oxygen atoms in total. The first-order chi connectivity index (χ1) is 12.8. The molecule has 0 unspecified atom stereocenters. The van der Waals surface area contributed by atoms with E-state index in [1.54, 1.807) is 16.8 Å². The topological polar surface area (TPSA) is 37.2 Å². The number of aromatic nitrogens is 3. The van der Waals surface area contributed by atoms with Gasteiger partial charge in [-0.3, -0.25) is 9.88 Å². The lowest BCUT2D eigenvalue weighted by Gasteiger charge is -2.23. The van der Waals surface area contributed by atoms with Crippen LogP contribution in [0.1, 0.15) is 12.1 Å². The molecule has 1 saturated heterocycles. The van der Waals surface area contributed by atoms with E-state index in [-0.39, 0.29) is 5.82 Å². The summed E-state index contributed by atoms with van der Waals surface area (Å²) in [6, 6.07) is 12.6. The molecule has 0 N–H and O–H groups in total. The van der Waals surface area contributed by atoms with Crippen molar-refractivity contribution in [3.63, 3.8) is 0 Å². The molecular formula is C20H22FN5. The third kappa shape index (κ3) is 3.91. The van der Waals surface area contributed by atoms with Crippen molar-refractivity contribution in [1.29, 1.82) is 0 Å². The van der Waals surface area contributed by atoms with Crippen molar-refractivity contribution in [1.82, 2.24) is 19.7 Å². The molecule has 4 rings (SSSR count). The largest absolute Gasteiger partial charge is 0.370 e. The zero-order chi connectivity index (χ0) is 17.8. The van der Waals surface area contributed by atoms with E-state index < -0.39 is 0 Å². The minimum atomic E-state index is -0.232. The molecule has 3 aromatic rings. The predicted molar refractivity (Wildman–Crippen MR) is 99.9 cm³/mol. The Morgan fingerprint density at radius 2 is 1.65 bits per heavy atom. The summed E-state index contributed by atoms with van der Waals surface area (Å²) in [5.74, 6) is -0.232. The van der Waals surface area contributed by atoms with E-state index in [4.69, 9.17) is 0 Å². The molecular weight excluding hydrogens is 329 g/mol. The summed E-state index contributed by atoms with van der Waals surface area (Å²) in [7, 11) is 0. The molecule has 0 amide bonds. The fourth-order valence-electron chi connectivity index (χ4n) is 3.35. The summed E-state index contributed by atoms with van der Waals surface area (Å²) in [5.41, 5.74) is 3.14.